The first kappa shape index (κ1) is 14.2. The number of benzene rings is 1. The zero-order valence-electron chi connectivity index (χ0n) is 11.7. The molecule has 0 saturated carbocycles. The molecule has 0 fully saturated rings. The number of rotatable bonds is 7. The van der Waals surface area contributed by atoms with Crippen molar-refractivity contribution < 1.29 is 0 Å². The Bertz CT molecular complexity index is 345. The van der Waals surface area contributed by atoms with Gasteiger partial charge < -0.3 is 10.6 Å². The molecule has 0 unspecified atom stereocenters. The molecule has 0 aliphatic carbocycles. The normalized spacial score (nSPS) is 10.8. The lowest BCUT2D eigenvalue weighted by Gasteiger charge is -2.11. The van der Waals surface area contributed by atoms with Crippen molar-refractivity contribution in [1.29, 1.82) is 0 Å². The zero-order chi connectivity index (χ0) is 12.7. The molecule has 96 valence electrons. The largest absolute Gasteiger partial charge is 0.320 e. The molecular formula is C15H26N2. The average Bonchev–Trinajstić information content (AvgIpc) is 2.30. The van der Waals surface area contributed by atoms with Gasteiger partial charge in [0.15, 0.2) is 0 Å². The highest BCUT2D eigenvalue weighted by Crippen LogP contribution is 2.14. The molecule has 0 saturated heterocycles. The molecule has 0 aromatic heterocycles. The summed E-state index contributed by atoms with van der Waals surface area (Å²) < 4.78 is 0. The quantitative estimate of drug-likeness (QED) is 0.709. The smallest absolute Gasteiger partial charge is 0.0208 e. The zero-order valence-corrected chi connectivity index (χ0v) is 11.7. The molecule has 17 heavy (non-hydrogen) atoms. The van der Waals surface area contributed by atoms with Gasteiger partial charge in [0.1, 0.15) is 0 Å². The summed E-state index contributed by atoms with van der Waals surface area (Å²) in [6.07, 6.45) is 2.49. The van der Waals surface area contributed by atoms with Crippen LogP contribution in [-0.4, -0.2) is 20.1 Å². The highest BCUT2D eigenvalue weighted by atomic mass is 14.8. The highest BCUT2D eigenvalue weighted by molar-refractivity contribution is 5.36. The van der Waals surface area contributed by atoms with Crippen LogP contribution in [-0.2, 0) is 6.54 Å². The van der Waals surface area contributed by atoms with E-state index in [1.165, 1.54) is 35.1 Å². The molecule has 1 aromatic rings. The second-order valence-electron chi connectivity index (χ2n) is 4.85. The average molecular weight is 234 g/mol. The van der Waals surface area contributed by atoms with Gasteiger partial charge in [0.25, 0.3) is 0 Å². The van der Waals surface area contributed by atoms with Crippen LogP contribution in [0.3, 0.4) is 0 Å². The van der Waals surface area contributed by atoms with Crippen LogP contribution < -0.4 is 10.6 Å². The summed E-state index contributed by atoms with van der Waals surface area (Å²) in [6.45, 7) is 9.78. The molecule has 0 heterocycles. The predicted octanol–water partition coefficient (Wildman–Crippen LogP) is 2.70. The lowest BCUT2D eigenvalue weighted by atomic mass is 10.0. The predicted molar refractivity (Wildman–Crippen MR) is 75.5 cm³/mol. The Kier molecular flexibility index (Phi) is 6.23. The summed E-state index contributed by atoms with van der Waals surface area (Å²) in [5, 5.41) is 6.69. The van der Waals surface area contributed by atoms with Gasteiger partial charge in [-0.15, -0.1) is 0 Å². The summed E-state index contributed by atoms with van der Waals surface area (Å²) in [4.78, 5) is 0. The fourth-order valence-corrected chi connectivity index (χ4v) is 1.99. The molecule has 0 spiro atoms. The van der Waals surface area contributed by atoms with Crippen LogP contribution >= 0.6 is 0 Å². The lowest BCUT2D eigenvalue weighted by molar-refractivity contribution is 0.604. The standard InChI is InChI=1S/C15H26N2/c1-12-9-14(3)15(10-13(12)2)11-17-8-6-5-7-16-4/h9-10,16-17H,5-8,11H2,1-4H3. The van der Waals surface area contributed by atoms with Crippen LogP contribution in [0.25, 0.3) is 0 Å². The Morgan fingerprint density at radius 1 is 0.882 bits per heavy atom. The molecule has 1 rings (SSSR count). The van der Waals surface area contributed by atoms with Gasteiger partial charge >= 0.3 is 0 Å². The summed E-state index contributed by atoms with van der Waals surface area (Å²) in [5.41, 5.74) is 5.61. The van der Waals surface area contributed by atoms with Crippen molar-refractivity contribution in [1.82, 2.24) is 10.6 Å². The second-order valence-corrected chi connectivity index (χ2v) is 4.85. The SMILES string of the molecule is CNCCCCNCc1cc(C)c(C)cc1C. The minimum Gasteiger partial charge on any atom is -0.320 e. The maximum absolute atomic E-state index is 3.52. The van der Waals surface area contributed by atoms with Gasteiger partial charge in [0.2, 0.25) is 0 Å². The first-order valence-electron chi connectivity index (χ1n) is 6.57. The van der Waals surface area contributed by atoms with E-state index in [0.717, 1.165) is 19.6 Å². The van der Waals surface area contributed by atoms with Crippen molar-refractivity contribution >= 4 is 0 Å². The lowest BCUT2D eigenvalue weighted by Crippen LogP contribution is -2.17. The number of hydrogen-bond acceptors (Lipinski definition) is 2. The Hall–Kier alpha value is -0.860. The molecule has 0 radical (unpaired) electrons. The fraction of sp³-hybridized carbons (Fsp3) is 0.600. The minimum absolute atomic E-state index is 0.993. The van der Waals surface area contributed by atoms with Crippen LogP contribution in [0, 0.1) is 20.8 Å². The Labute approximate surface area is 106 Å². The molecule has 2 nitrogen and oxygen atoms in total. The first-order chi connectivity index (χ1) is 8.15. The summed E-state index contributed by atoms with van der Waals surface area (Å²) >= 11 is 0. The van der Waals surface area contributed by atoms with E-state index in [2.05, 4.69) is 43.5 Å². The van der Waals surface area contributed by atoms with Crippen LogP contribution in [0.4, 0.5) is 0 Å². The third-order valence-electron chi connectivity index (χ3n) is 3.30. The van der Waals surface area contributed by atoms with Crippen molar-refractivity contribution in [2.45, 2.75) is 40.2 Å². The van der Waals surface area contributed by atoms with E-state index < -0.39 is 0 Å². The van der Waals surface area contributed by atoms with Gasteiger partial charge in [0, 0.05) is 6.54 Å². The van der Waals surface area contributed by atoms with Crippen LogP contribution in [0.15, 0.2) is 12.1 Å². The molecule has 0 atom stereocenters. The topological polar surface area (TPSA) is 24.1 Å². The Balaban J connectivity index is 2.34. The fourth-order valence-electron chi connectivity index (χ4n) is 1.99. The van der Waals surface area contributed by atoms with E-state index in [-0.39, 0.29) is 0 Å². The number of unbranched alkanes of at least 4 members (excludes halogenated alkanes) is 1. The number of nitrogens with one attached hydrogen (secondary N) is 2. The molecule has 1 aromatic carbocycles. The Morgan fingerprint density at radius 2 is 1.53 bits per heavy atom. The van der Waals surface area contributed by atoms with E-state index in [4.69, 9.17) is 0 Å². The van der Waals surface area contributed by atoms with Crippen LogP contribution in [0.5, 0.6) is 0 Å². The van der Waals surface area contributed by atoms with E-state index in [1.807, 2.05) is 7.05 Å². The van der Waals surface area contributed by atoms with Gasteiger partial charge in [-0.1, -0.05) is 12.1 Å². The van der Waals surface area contributed by atoms with Gasteiger partial charge in [-0.05, 0) is 76.0 Å². The van der Waals surface area contributed by atoms with E-state index >= 15 is 0 Å². The second kappa shape index (κ2) is 7.46. The number of hydrogen-bond donors (Lipinski definition) is 2. The highest BCUT2D eigenvalue weighted by Gasteiger charge is 2.01. The summed E-state index contributed by atoms with van der Waals surface area (Å²) in [5.74, 6) is 0. The van der Waals surface area contributed by atoms with Crippen molar-refractivity contribution in [2.75, 3.05) is 20.1 Å². The van der Waals surface area contributed by atoms with E-state index in [1.54, 1.807) is 0 Å². The maximum atomic E-state index is 3.52. The number of aryl methyl sites for hydroxylation is 3. The molecule has 0 aliphatic rings. The van der Waals surface area contributed by atoms with Gasteiger partial charge in [-0.2, -0.15) is 0 Å². The Morgan fingerprint density at radius 3 is 2.24 bits per heavy atom. The molecule has 0 amide bonds. The van der Waals surface area contributed by atoms with Crippen molar-refractivity contribution in [3.05, 3.63) is 34.4 Å². The molecule has 2 heteroatoms. The third-order valence-corrected chi connectivity index (χ3v) is 3.30. The molecule has 0 bridgehead atoms. The van der Waals surface area contributed by atoms with Crippen molar-refractivity contribution in [2.24, 2.45) is 0 Å². The van der Waals surface area contributed by atoms with Gasteiger partial charge in [-0.25, -0.2) is 0 Å². The third kappa shape index (κ3) is 4.88. The van der Waals surface area contributed by atoms with Gasteiger partial charge in [0.05, 0.1) is 0 Å². The molecule has 2 N–H and O–H groups in total. The summed E-state index contributed by atoms with van der Waals surface area (Å²) in [6, 6.07) is 4.60. The van der Waals surface area contributed by atoms with Crippen molar-refractivity contribution in [3.8, 4) is 0 Å². The van der Waals surface area contributed by atoms with E-state index in [0.29, 0.717) is 0 Å². The first-order valence-corrected chi connectivity index (χ1v) is 6.57. The maximum Gasteiger partial charge on any atom is 0.0208 e. The van der Waals surface area contributed by atoms with Gasteiger partial charge in [-0.3, -0.25) is 0 Å². The van der Waals surface area contributed by atoms with E-state index in [9.17, 15) is 0 Å². The van der Waals surface area contributed by atoms with Crippen LogP contribution in [0.2, 0.25) is 0 Å². The monoisotopic (exact) mass is 234 g/mol. The molecular weight excluding hydrogens is 208 g/mol. The summed E-state index contributed by atoms with van der Waals surface area (Å²) in [7, 11) is 2.01. The van der Waals surface area contributed by atoms with Crippen LogP contribution in [0.1, 0.15) is 35.1 Å². The molecule has 0 aliphatic heterocycles. The van der Waals surface area contributed by atoms with Crippen molar-refractivity contribution in [3.63, 3.8) is 0 Å². The minimum atomic E-state index is 0.993.